The standard InChI is InChI=1S/C14H6ClFN4O/c1-18-14-13(21)9(4-5-19-14)12(7-17)20-8-2-3-11(16)10(15)6-8/h2-6,21H. The molecule has 0 aliphatic carbocycles. The van der Waals surface area contributed by atoms with E-state index in [1.165, 1.54) is 24.4 Å². The first-order chi connectivity index (χ1) is 10.1. The van der Waals surface area contributed by atoms with Gasteiger partial charge in [-0.05, 0) is 24.3 Å². The number of rotatable bonds is 2. The van der Waals surface area contributed by atoms with Gasteiger partial charge in [-0.2, -0.15) is 5.26 Å². The van der Waals surface area contributed by atoms with Gasteiger partial charge in [0.2, 0.25) is 0 Å². The molecule has 0 saturated carbocycles. The third kappa shape index (κ3) is 2.97. The predicted molar refractivity (Wildman–Crippen MR) is 75.4 cm³/mol. The summed E-state index contributed by atoms with van der Waals surface area (Å²) in [6.07, 6.45) is 1.28. The van der Waals surface area contributed by atoms with E-state index in [-0.39, 0.29) is 27.8 Å². The van der Waals surface area contributed by atoms with Crippen molar-refractivity contribution in [2.45, 2.75) is 0 Å². The minimum absolute atomic E-state index is 0.0685. The van der Waals surface area contributed by atoms with Crippen molar-refractivity contribution in [2.75, 3.05) is 0 Å². The molecule has 1 aromatic heterocycles. The summed E-state index contributed by atoms with van der Waals surface area (Å²) in [6, 6.07) is 6.88. The second kappa shape index (κ2) is 6.00. The molecule has 0 aliphatic rings. The van der Waals surface area contributed by atoms with Crippen molar-refractivity contribution in [3.05, 3.63) is 58.3 Å². The third-order valence-electron chi connectivity index (χ3n) is 2.52. The number of hydrogen-bond acceptors (Lipinski definition) is 4. The van der Waals surface area contributed by atoms with Crippen LogP contribution in [0.2, 0.25) is 5.02 Å². The number of halogens is 2. The molecule has 0 saturated heterocycles. The molecule has 5 nitrogen and oxygen atoms in total. The van der Waals surface area contributed by atoms with Crippen molar-refractivity contribution >= 4 is 28.8 Å². The highest BCUT2D eigenvalue weighted by Gasteiger charge is 2.14. The number of aliphatic imine (C=N–C) groups is 1. The Morgan fingerprint density at radius 1 is 1.48 bits per heavy atom. The highest BCUT2D eigenvalue weighted by Crippen LogP contribution is 2.29. The summed E-state index contributed by atoms with van der Waals surface area (Å²) in [5, 5.41) is 18.9. The van der Waals surface area contributed by atoms with E-state index in [1.54, 1.807) is 0 Å². The van der Waals surface area contributed by atoms with Gasteiger partial charge in [0, 0.05) is 5.56 Å². The lowest BCUT2D eigenvalue weighted by atomic mass is 10.1. The van der Waals surface area contributed by atoms with Gasteiger partial charge in [0.1, 0.15) is 18.1 Å². The van der Waals surface area contributed by atoms with E-state index in [0.717, 1.165) is 6.07 Å². The zero-order chi connectivity index (χ0) is 15.4. The van der Waals surface area contributed by atoms with E-state index in [1.807, 2.05) is 6.07 Å². The van der Waals surface area contributed by atoms with E-state index < -0.39 is 11.6 Å². The Bertz CT molecular complexity index is 821. The molecule has 21 heavy (non-hydrogen) atoms. The average Bonchev–Trinajstić information content (AvgIpc) is 2.49. The number of aromatic hydroxyl groups is 1. The molecule has 7 heteroatoms. The summed E-state index contributed by atoms with van der Waals surface area (Å²) in [5.41, 5.74) is 0.181. The Hall–Kier alpha value is -2.96. The first-order valence-electron chi connectivity index (χ1n) is 5.56. The fraction of sp³-hybridized carbons (Fsp3) is 0. The minimum Gasteiger partial charge on any atom is -0.517 e. The highest BCUT2D eigenvalue weighted by atomic mass is 35.5. The molecule has 0 amide bonds. The normalized spacial score (nSPS) is 10.8. The minimum atomic E-state index is -0.601. The van der Waals surface area contributed by atoms with Crippen LogP contribution in [0.4, 0.5) is 15.9 Å². The molecule has 0 bridgehead atoms. The molecular weight excluding hydrogens is 295 g/mol. The molecule has 0 atom stereocenters. The van der Waals surface area contributed by atoms with Gasteiger partial charge in [-0.15, -0.1) is 4.98 Å². The number of benzene rings is 1. The van der Waals surface area contributed by atoms with Crippen molar-refractivity contribution in [3.63, 3.8) is 0 Å². The number of aromatic nitrogens is 1. The van der Waals surface area contributed by atoms with Crippen molar-refractivity contribution in [1.82, 2.24) is 4.98 Å². The van der Waals surface area contributed by atoms with E-state index in [2.05, 4.69) is 14.8 Å². The van der Waals surface area contributed by atoms with Crippen LogP contribution in [0.5, 0.6) is 5.75 Å². The molecular formula is C14H6ClFN4O. The van der Waals surface area contributed by atoms with Gasteiger partial charge in [0.05, 0.1) is 10.7 Å². The van der Waals surface area contributed by atoms with Crippen LogP contribution >= 0.6 is 11.6 Å². The van der Waals surface area contributed by atoms with Gasteiger partial charge in [-0.3, -0.25) is 0 Å². The van der Waals surface area contributed by atoms with Gasteiger partial charge in [-0.1, -0.05) is 18.2 Å². The molecule has 0 radical (unpaired) electrons. The maximum absolute atomic E-state index is 13.1. The lowest BCUT2D eigenvalue weighted by Gasteiger charge is -2.03. The Morgan fingerprint density at radius 2 is 2.24 bits per heavy atom. The van der Waals surface area contributed by atoms with E-state index in [0.29, 0.717) is 0 Å². The van der Waals surface area contributed by atoms with Gasteiger partial charge < -0.3 is 9.95 Å². The van der Waals surface area contributed by atoms with Crippen LogP contribution in [0.25, 0.3) is 4.85 Å². The molecule has 0 fully saturated rings. The Balaban J connectivity index is 2.55. The summed E-state index contributed by atoms with van der Waals surface area (Å²) in [4.78, 5) is 10.7. The maximum Gasteiger partial charge on any atom is 0.312 e. The topological polar surface area (TPSA) is 73.6 Å². The van der Waals surface area contributed by atoms with E-state index in [4.69, 9.17) is 23.4 Å². The van der Waals surface area contributed by atoms with Gasteiger partial charge in [0.15, 0.2) is 11.5 Å². The van der Waals surface area contributed by atoms with E-state index in [9.17, 15) is 9.50 Å². The molecule has 102 valence electrons. The lowest BCUT2D eigenvalue weighted by Crippen LogP contribution is -1.98. The zero-order valence-corrected chi connectivity index (χ0v) is 11.1. The van der Waals surface area contributed by atoms with Crippen molar-refractivity contribution in [2.24, 2.45) is 4.99 Å². The fourth-order valence-corrected chi connectivity index (χ4v) is 1.72. The van der Waals surface area contributed by atoms with Crippen LogP contribution in [0.3, 0.4) is 0 Å². The lowest BCUT2D eigenvalue weighted by molar-refractivity contribution is 0.475. The van der Waals surface area contributed by atoms with Crippen molar-refractivity contribution in [3.8, 4) is 11.8 Å². The number of nitrogens with zero attached hydrogens (tertiary/aromatic N) is 4. The number of pyridine rings is 1. The summed E-state index contributed by atoms with van der Waals surface area (Å²) in [7, 11) is 0. The summed E-state index contributed by atoms with van der Waals surface area (Å²) in [5.74, 6) is -1.26. The molecule has 1 N–H and O–H groups in total. The maximum atomic E-state index is 13.1. The number of hydrogen-bond donors (Lipinski definition) is 1. The Labute approximate surface area is 124 Å². The van der Waals surface area contributed by atoms with Crippen LogP contribution in [-0.2, 0) is 0 Å². The molecule has 0 unspecified atom stereocenters. The van der Waals surface area contributed by atoms with Crippen LogP contribution < -0.4 is 0 Å². The largest absolute Gasteiger partial charge is 0.517 e. The SMILES string of the molecule is [C-]#[N+]c1nccc(C(C#N)=Nc2ccc(F)c(Cl)c2)c1O. The highest BCUT2D eigenvalue weighted by molar-refractivity contribution is 6.31. The molecule has 1 aromatic carbocycles. The second-order valence-corrected chi connectivity index (χ2v) is 4.22. The molecule has 0 spiro atoms. The van der Waals surface area contributed by atoms with Gasteiger partial charge in [-0.25, -0.2) is 9.38 Å². The quantitative estimate of drug-likeness (QED) is 0.677. The first kappa shape index (κ1) is 14.4. The van der Waals surface area contributed by atoms with Crippen molar-refractivity contribution < 1.29 is 9.50 Å². The molecule has 2 aromatic rings. The third-order valence-corrected chi connectivity index (χ3v) is 2.81. The zero-order valence-electron chi connectivity index (χ0n) is 10.4. The van der Waals surface area contributed by atoms with Gasteiger partial charge in [0.25, 0.3) is 0 Å². The van der Waals surface area contributed by atoms with Crippen LogP contribution in [0.15, 0.2) is 35.5 Å². The Kier molecular flexibility index (Phi) is 4.13. The molecule has 1 heterocycles. The summed E-state index contributed by atoms with van der Waals surface area (Å²) >= 11 is 5.64. The molecule has 0 aliphatic heterocycles. The molecule has 2 rings (SSSR count). The average molecular weight is 301 g/mol. The van der Waals surface area contributed by atoms with Gasteiger partial charge >= 0.3 is 5.82 Å². The van der Waals surface area contributed by atoms with Crippen LogP contribution in [-0.4, -0.2) is 15.8 Å². The smallest absolute Gasteiger partial charge is 0.312 e. The summed E-state index contributed by atoms with van der Waals surface area (Å²) in [6.45, 7) is 6.87. The second-order valence-electron chi connectivity index (χ2n) is 3.81. The number of nitriles is 1. The Morgan fingerprint density at radius 3 is 2.86 bits per heavy atom. The first-order valence-corrected chi connectivity index (χ1v) is 5.94. The van der Waals surface area contributed by atoms with Crippen molar-refractivity contribution in [1.29, 1.82) is 5.26 Å². The fourth-order valence-electron chi connectivity index (χ4n) is 1.54. The predicted octanol–water partition coefficient (Wildman–Crippen LogP) is 3.77. The van der Waals surface area contributed by atoms with Crippen LogP contribution in [0, 0.1) is 23.7 Å². The van der Waals surface area contributed by atoms with Crippen LogP contribution in [0.1, 0.15) is 5.56 Å². The summed E-state index contributed by atoms with van der Waals surface area (Å²) < 4.78 is 13.1. The van der Waals surface area contributed by atoms with E-state index >= 15 is 0 Å². The monoisotopic (exact) mass is 300 g/mol.